The van der Waals surface area contributed by atoms with E-state index in [1.807, 2.05) is 33.2 Å². The van der Waals surface area contributed by atoms with Crippen LogP contribution in [0.1, 0.15) is 27.2 Å². The molecule has 0 saturated carbocycles. The van der Waals surface area contributed by atoms with Crippen LogP contribution in [-0.4, -0.2) is 52.0 Å². The van der Waals surface area contributed by atoms with Gasteiger partial charge in [0.15, 0.2) is 10.8 Å². The van der Waals surface area contributed by atoms with Gasteiger partial charge in [0.2, 0.25) is 0 Å². The molecule has 1 atom stereocenters. The second-order valence-electron chi connectivity index (χ2n) is 9.73. The Morgan fingerprint density at radius 2 is 1.89 bits per heavy atom. The van der Waals surface area contributed by atoms with Gasteiger partial charge in [0.25, 0.3) is 0 Å². The molecule has 1 N–H and O–H groups in total. The van der Waals surface area contributed by atoms with Crippen LogP contribution in [0, 0.1) is 0 Å². The van der Waals surface area contributed by atoms with Crippen LogP contribution in [0.25, 0.3) is 32.9 Å². The van der Waals surface area contributed by atoms with Crippen LogP contribution in [0.3, 0.4) is 0 Å². The van der Waals surface area contributed by atoms with Crippen LogP contribution < -0.4 is 10.2 Å². The second kappa shape index (κ2) is 9.34. The molecule has 1 aliphatic heterocycles. The SMILES string of the molecule is CSc1ncc2cc(-c3cccc4ccccc34)c(N3CCC(NC(=O)OC(C)(C)C)C3)nc2n1. The number of nitrogens with zero attached hydrogens (tertiary/aromatic N) is 4. The third-order valence-electron chi connectivity index (χ3n) is 6.00. The summed E-state index contributed by atoms with van der Waals surface area (Å²) in [6.07, 6.45) is 4.23. The van der Waals surface area contributed by atoms with E-state index in [9.17, 15) is 4.79 Å². The highest BCUT2D eigenvalue weighted by atomic mass is 32.2. The third-order valence-corrected chi connectivity index (χ3v) is 6.56. The molecule has 0 spiro atoms. The van der Waals surface area contributed by atoms with E-state index >= 15 is 0 Å². The van der Waals surface area contributed by atoms with Crippen LogP contribution in [0.15, 0.2) is 59.9 Å². The van der Waals surface area contributed by atoms with E-state index in [0.29, 0.717) is 17.3 Å². The van der Waals surface area contributed by atoms with Crippen molar-refractivity contribution in [1.82, 2.24) is 20.3 Å². The van der Waals surface area contributed by atoms with Gasteiger partial charge in [0.1, 0.15) is 11.4 Å². The molecule has 0 radical (unpaired) electrons. The van der Waals surface area contributed by atoms with Crippen molar-refractivity contribution in [3.63, 3.8) is 0 Å². The van der Waals surface area contributed by atoms with E-state index in [1.165, 1.54) is 22.5 Å². The number of thioether (sulfide) groups is 1. The highest BCUT2D eigenvalue weighted by Gasteiger charge is 2.29. The van der Waals surface area contributed by atoms with E-state index in [0.717, 1.165) is 35.3 Å². The van der Waals surface area contributed by atoms with Crippen molar-refractivity contribution in [1.29, 1.82) is 0 Å². The largest absolute Gasteiger partial charge is 0.444 e. The maximum Gasteiger partial charge on any atom is 0.407 e. The van der Waals surface area contributed by atoms with Gasteiger partial charge >= 0.3 is 6.09 Å². The van der Waals surface area contributed by atoms with Crippen molar-refractivity contribution < 1.29 is 9.53 Å². The molecule has 1 unspecified atom stereocenters. The van der Waals surface area contributed by atoms with Gasteiger partial charge < -0.3 is 15.0 Å². The van der Waals surface area contributed by atoms with Crippen molar-refractivity contribution >= 4 is 45.5 Å². The number of carbonyl (C=O) groups is 1. The van der Waals surface area contributed by atoms with Crippen molar-refractivity contribution in [2.75, 3.05) is 24.2 Å². The first-order chi connectivity index (χ1) is 16.8. The smallest absolute Gasteiger partial charge is 0.407 e. The molecule has 8 heteroatoms. The molecule has 0 bridgehead atoms. The number of rotatable bonds is 4. The number of fused-ring (bicyclic) bond motifs is 2. The highest BCUT2D eigenvalue weighted by molar-refractivity contribution is 7.98. The number of benzene rings is 2. The van der Waals surface area contributed by atoms with E-state index in [4.69, 9.17) is 9.72 Å². The van der Waals surface area contributed by atoms with Gasteiger partial charge in [-0.05, 0) is 55.9 Å². The Balaban J connectivity index is 1.55. The highest BCUT2D eigenvalue weighted by Crippen LogP contribution is 2.37. The molecule has 35 heavy (non-hydrogen) atoms. The van der Waals surface area contributed by atoms with Gasteiger partial charge in [-0.15, -0.1) is 0 Å². The number of nitrogens with one attached hydrogen (secondary N) is 1. The van der Waals surface area contributed by atoms with Crippen molar-refractivity contribution in [3.05, 3.63) is 54.7 Å². The zero-order chi connectivity index (χ0) is 24.6. The Morgan fingerprint density at radius 3 is 2.69 bits per heavy atom. The van der Waals surface area contributed by atoms with Gasteiger partial charge in [0.05, 0.1) is 6.04 Å². The fourth-order valence-electron chi connectivity index (χ4n) is 4.48. The molecule has 1 fully saturated rings. The Labute approximate surface area is 209 Å². The molecular formula is C27H29N5O2S. The number of carbonyl (C=O) groups excluding carboxylic acids is 1. The zero-order valence-corrected chi connectivity index (χ0v) is 21.2. The van der Waals surface area contributed by atoms with E-state index < -0.39 is 5.60 Å². The predicted molar refractivity (Wildman–Crippen MR) is 142 cm³/mol. The summed E-state index contributed by atoms with van der Waals surface area (Å²) >= 11 is 1.50. The summed E-state index contributed by atoms with van der Waals surface area (Å²) in [7, 11) is 0. The Hall–Kier alpha value is -3.39. The number of amides is 1. The van der Waals surface area contributed by atoms with Crippen molar-refractivity contribution in [3.8, 4) is 11.1 Å². The molecule has 1 amide bonds. The lowest BCUT2D eigenvalue weighted by atomic mass is 9.98. The average molecular weight is 488 g/mol. The lowest BCUT2D eigenvalue weighted by Crippen LogP contribution is -2.40. The number of alkyl carbamates (subject to hydrolysis) is 1. The van der Waals surface area contributed by atoms with Crippen LogP contribution in [0.2, 0.25) is 0 Å². The molecule has 0 aliphatic carbocycles. The van der Waals surface area contributed by atoms with E-state index in [1.54, 1.807) is 0 Å². The molecule has 180 valence electrons. The minimum absolute atomic E-state index is 0.0186. The van der Waals surface area contributed by atoms with E-state index in [-0.39, 0.29) is 12.1 Å². The van der Waals surface area contributed by atoms with Crippen molar-refractivity contribution in [2.24, 2.45) is 0 Å². The standard InChI is InChI=1S/C27H29N5O2S/c1-27(2,3)34-26(33)29-19-12-13-32(16-19)24-22(14-18-15-28-25(35-4)31-23(18)30-24)21-11-7-9-17-8-5-6-10-20(17)21/h5-11,14-15,19H,12-13,16H2,1-4H3,(H,29,33). The molecule has 2 aromatic carbocycles. The Bertz CT molecular complexity index is 1400. The quantitative estimate of drug-likeness (QED) is 0.293. The third kappa shape index (κ3) is 5.03. The first-order valence-electron chi connectivity index (χ1n) is 11.7. The summed E-state index contributed by atoms with van der Waals surface area (Å²) in [5, 5.41) is 6.96. The van der Waals surface area contributed by atoms with Gasteiger partial charge in [-0.2, -0.15) is 0 Å². The fourth-order valence-corrected chi connectivity index (χ4v) is 4.82. The summed E-state index contributed by atoms with van der Waals surface area (Å²) in [4.78, 5) is 28.7. The molecular weight excluding hydrogens is 458 g/mol. The topological polar surface area (TPSA) is 80.2 Å². The molecule has 5 rings (SSSR count). The number of hydrogen-bond acceptors (Lipinski definition) is 7. The number of aromatic nitrogens is 3. The number of anilines is 1. The fraction of sp³-hybridized carbons (Fsp3) is 0.333. The summed E-state index contributed by atoms with van der Waals surface area (Å²) in [5.74, 6) is 0.869. The maximum absolute atomic E-state index is 12.4. The molecule has 7 nitrogen and oxygen atoms in total. The normalized spacial score (nSPS) is 16.1. The lowest BCUT2D eigenvalue weighted by molar-refractivity contribution is 0.0509. The second-order valence-corrected chi connectivity index (χ2v) is 10.5. The summed E-state index contributed by atoms with van der Waals surface area (Å²) < 4.78 is 5.46. The molecule has 1 saturated heterocycles. The van der Waals surface area contributed by atoms with Crippen molar-refractivity contribution in [2.45, 2.75) is 44.0 Å². The monoisotopic (exact) mass is 487 g/mol. The van der Waals surface area contributed by atoms with Crippen LogP contribution in [0.4, 0.5) is 10.6 Å². The first-order valence-corrected chi connectivity index (χ1v) is 13.0. The molecule has 3 heterocycles. The lowest BCUT2D eigenvalue weighted by Gasteiger charge is -2.23. The Kier molecular flexibility index (Phi) is 6.23. The summed E-state index contributed by atoms with van der Waals surface area (Å²) in [6, 6.07) is 16.8. The minimum Gasteiger partial charge on any atom is -0.444 e. The van der Waals surface area contributed by atoms with Crippen LogP contribution in [0.5, 0.6) is 0 Å². The Morgan fingerprint density at radius 1 is 1.09 bits per heavy atom. The van der Waals surface area contributed by atoms with Gasteiger partial charge in [-0.3, -0.25) is 0 Å². The number of pyridine rings is 1. The first kappa shape index (κ1) is 23.4. The number of ether oxygens (including phenoxy) is 1. The summed E-state index contributed by atoms with van der Waals surface area (Å²) in [6.45, 7) is 7.03. The minimum atomic E-state index is -0.529. The van der Waals surface area contributed by atoms with E-state index in [2.05, 4.69) is 68.7 Å². The molecule has 1 aliphatic rings. The summed E-state index contributed by atoms with van der Waals surface area (Å²) in [5.41, 5.74) is 2.29. The van der Waals surface area contributed by atoms with Crippen LogP contribution in [-0.2, 0) is 4.74 Å². The van der Waals surface area contributed by atoms with Gasteiger partial charge in [-0.25, -0.2) is 19.7 Å². The molecule has 2 aromatic heterocycles. The maximum atomic E-state index is 12.4. The molecule has 4 aromatic rings. The average Bonchev–Trinajstić information content (AvgIpc) is 3.29. The van der Waals surface area contributed by atoms with Gasteiger partial charge in [0, 0.05) is 30.2 Å². The predicted octanol–water partition coefficient (Wildman–Crippen LogP) is 5.67. The van der Waals surface area contributed by atoms with Crippen LogP contribution >= 0.6 is 11.8 Å². The zero-order valence-electron chi connectivity index (χ0n) is 20.4. The van der Waals surface area contributed by atoms with Gasteiger partial charge in [-0.1, -0.05) is 54.2 Å². The number of hydrogen-bond donors (Lipinski definition) is 1.